The van der Waals surface area contributed by atoms with Gasteiger partial charge >= 0.3 is 6.09 Å². The number of nitrogens with one attached hydrogen (secondary N) is 2. The third-order valence-electron chi connectivity index (χ3n) is 5.96. The van der Waals surface area contributed by atoms with Crippen LogP contribution in [0.5, 0.6) is 11.5 Å². The van der Waals surface area contributed by atoms with Crippen LogP contribution in [0.1, 0.15) is 77.8 Å². The summed E-state index contributed by atoms with van der Waals surface area (Å²) in [5.74, 6) is -0.255. The molecule has 0 aliphatic carbocycles. The van der Waals surface area contributed by atoms with Crippen molar-refractivity contribution in [2.45, 2.75) is 77.9 Å². The van der Waals surface area contributed by atoms with Crippen LogP contribution in [0.15, 0.2) is 48.5 Å². The largest absolute Gasteiger partial charge is 0.508 e. The lowest BCUT2D eigenvalue weighted by Gasteiger charge is -2.32. The summed E-state index contributed by atoms with van der Waals surface area (Å²) < 4.78 is 10.5. The first-order valence-corrected chi connectivity index (χ1v) is 13.5. The van der Waals surface area contributed by atoms with Crippen LogP contribution in [-0.4, -0.2) is 53.7 Å². The smallest absolute Gasteiger partial charge is 0.408 e. The summed E-state index contributed by atoms with van der Waals surface area (Å²) in [7, 11) is 1.56. The Morgan fingerprint density at radius 3 is 2.26 bits per heavy atom. The Hall–Kier alpha value is -3.75. The van der Waals surface area contributed by atoms with Crippen molar-refractivity contribution < 1.29 is 29.0 Å². The summed E-state index contributed by atoms with van der Waals surface area (Å²) in [5, 5.41) is 15.6. The number of phenolic OH excluding ortho intramolecular Hbond substituents is 1. The van der Waals surface area contributed by atoms with Gasteiger partial charge in [-0.15, -0.1) is 0 Å². The zero-order valence-electron chi connectivity index (χ0n) is 23.8. The molecule has 3 N–H and O–H groups in total. The minimum absolute atomic E-state index is 0.0198. The highest BCUT2D eigenvalue weighted by Gasteiger charge is 2.32. The van der Waals surface area contributed by atoms with E-state index in [9.17, 15) is 19.5 Å². The molecule has 214 valence electrons. The van der Waals surface area contributed by atoms with Crippen LogP contribution in [0, 0.1) is 0 Å². The average molecular weight is 542 g/mol. The second-order valence-electron chi connectivity index (χ2n) is 10.4. The van der Waals surface area contributed by atoms with Gasteiger partial charge in [0.15, 0.2) is 0 Å². The summed E-state index contributed by atoms with van der Waals surface area (Å²) in [5.41, 5.74) is 0.274. The number of hydrogen-bond acceptors (Lipinski definition) is 6. The Morgan fingerprint density at radius 1 is 0.974 bits per heavy atom. The number of aromatic hydroxyl groups is 1. The second-order valence-corrected chi connectivity index (χ2v) is 10.4. The monoisotopic (exact) mass is 541 g/mol. The first-order chi connectivity index (χ1) is 18.5. The Balaban J connectivity index is 2.32. The van der Waals surface area contributed by atoms with Crippen molar-refractivity contribution >= 4 is 23.6 Å². The number of carbonyl (C=O) groups is 3. The van der Waals surface area contributed by atoms with E-state index in [-0.39, 0.29) is 12.3 Å². The fraction of sp³-hybridized carbons (Fsp3) is 0.500. The minimum Gasteiger partial charge on any atom is -0.508 e. The molecule has 9 nitrogen and oxygen atoms in total. The Kier molecular flexibility index (Phi) is 12.6. The molecule has 39 heavy (non-hydrogen) atoms. The predicted molar refractivity (Wildman–Crippen MR) is 152 cm³/mol. The van der Waals surface area contributed by atoms with E-state index < -0.39 is 29.6 Å². The Morgan fingerprint density at radius 2 is 1.64 bits per heavy atom. The molecular weight excluding hydrogens is 498 g/mol. The SMILES string of the molecule is CCCCCCCCN(C(=O)CNC(=O)OC(C)(C)C)C(C(=O)Nc1ccc(OC)cc1)c1cccc(O)c1. The highest BCUT2D eigenvalue weighted by molar-refractivity contribution is 5.98. The number of amides is 3. The molecule has 0 heterocycles. The topological polar surface area (TPSA) is 117 Å². The summed E-state index contributed by atoms with van der Waals surface area (Å²) in [6.07, 6.45) is 5.29. The maximum absolute atomic E-state index is 13.7. The lowest BCUT2D eigenvalue weighted by Crippen LogP contribution is -2.47. The molecule has 0 fully saturated rings. The molecule has 2 aromatic carbocycles. The molecule has 1 atom stereocenters. The molecular formula is C30H43N3O6. The van der Waals surface area contributed by atoms with E-state index in [1.165, 1.54) is 17.0 Å². The van der Waals surface area contributed by atoms with Gasteiger partial charge in [0.05, 0.1) is 7.11 Å². The molecule has 0 aromatic heterocycles. The van der Waals surface area contributed by atoms with Gasteiger partial charge in [-0.2, -0.15) is 0 Å². The van der Waals surface area contributed by atoms with E-state index in [4.69, 9.17) is 9.47 Å². The van der Waals surface area contributed by atoms with Gasteiger partial charge in [-0.1, -0.05) is 51.2 Å². The van der Waals surface area contributed by atoms with E-state index in [1.807, 2.05) is 0 Å². The molecule has 0 aliphatic heterocycles. The zero-order valence-corrected chi connectivity index (χ0v) is 23.8. The van der Waals surface area contributed by atoms with Crippen LogP contribution in [0.3, 0.4) is 0 Å². The lowest BCUT2D eigenvalue weighted by atomic mass is 10.0. The molecule has 2 aromatic rings. The Labute approximate surface area is 231 Å². The predicted octanol–water partition coefficient (Wildman–Crippen LogP) is 5.79. The van der Waals surface area contributed by atoms with Crippen molar-refractivity contribution in [1.29, 1.82) is 0 Å². The van der Waals surface area contributed by atoms with Crippen LogP contribution >= 0.6 is 0 Å². The minimum atomic E-state index is -1.04. The molecule has 3 amide bonds. The molecule has 0 spiro atoms. The maximum Gasteiger partial charge on any atom is 0.408 e. The molecule has 9 heteroatoms. The van der Waals surface area contributed by atoms with Gasteiger partial charge in [0.25, 0.3) is 5.91 Å². The Bertz CT molecular complexity index is 1070. The number of anilines is 1. The molecule has 0 radical (unpaired) electrons. The van der Waals surface area contributed by atoms with E-state index in [0.717, 1.165) is 32.1 Å². The van der Waals surface area contributed by atoms with Gasteiger partial charge in [0.1, 0.15) is 29.7 Å². The van der Waals surface area contributed by atoms with Gasteiger partial charge < -0.3 is 30.1 Å². The fourth-order valence-corrected chi connectivity index (χ4v) is 4.08. The number of unbranched alkanes of at least 4 members (excludes halogenated alkanes) is 5. The van der Waals surface area contributed by atoms with Crippen molar-refractivity contribution in [2.75, 3.05) is 25.5 Å². The van der Waals surface area contributed by atoms with Gasteiger partial charge in [-0.3, -0.25) is 9.59 Å². The van der Waals surface area contributed by atoms with Crippen LogP contribution in [-0.2, 0) is 14.3 Å². The van der Waals surface area contributed by atoms with Crippen molar-refractivity contribution in [3.05, 3.63) is 54.1 Å². The average Bonchev–Trinajstić information content (AvgIpc) is 2.88. The van der Waals surface area contributed by atoms with Crippen LogP contribution in [0.4, 0.5) is 10.5 Å². The quantitative estimate of drug-likeness (QED) is 0.261. The molecule has 0 saturated heterocycles. The van der Waals surface area contributed by atoms with E-state index in [2.05, 4.69) is 17.6 Å². The van der Waals surface area contributed by atoms with E-state index in [0.29, 0.717) is 30.0 Å². The first-order valence-electron chi connectivity index (χ1n) is 13.5. The molecule has 0 aliphatic rings. The van der Waals surface area contributed by atoms with Gasteiger partial charge in [-0.05, 0) is 69.2 Å². The number of ether oxygens (including phenoxy) is 2. The fourth-order valence-electron chi connectivity index (χ4n) is 4.08. The standard InChI is InChI=1S/C30H43N3O6/c1-6-7-8-9-10-11-19-33(26(35)21-31-29(37)39-30(2,3)4)27(22-13-12-14-24(34)20-22)28(36)32-23-15-17-25(38-5)18-16-23/h12-18,20,27,34H,6-11,19,21H2,1-5H3,(H,31,37)(H,32,36). The van der Waals surface area contributed by atoms with E-state index in [1.54, 1.807) is 64.3 Å². The number of rotatable bonds is 14. The normalized spacial score (nSPS) is 11.8. The number of alkyl carbamates (subject to hydrolysis) is 1. The van der Waals surface area contributed by atoms with Crippen molar-refractivity contribution in [3.8, 4) is 11.5 Å². The summed E-state index contributed by atoms with van der Waals surface area (Å²) in [4.78, 5) is 40.9. The van der Waals surface area contributed by atoms with Crippen LogP contribution < -0.4 is 15.4 Å². The van der Waals surface area contributed by atoms with Crippen LogP contribution in [0.25, 0.3) is 0 Å². The highest BCUT2D eigenvalue weighted by atomic mass is 16.6. The van der Waals surface area contributed by atoms with Crippen molar-refractivity contribution in [2.24, 2.45) is 0 Å². The van der Waals surface area contributed by atoms with Crippen LogP contribution in [0.2, 0.25) is 0 Å². The van der Waals surface area contributed by atoms with Crippen molar-refractivity contribution in [1.82, 2.24) is 10.2 Å². The van der Waals surface area contributed by atoms with Crippen molar-refractivity contribution in [3.63, 3.8) is 0 Å². The first kappa shape index (κ1) is 31.5. The molecule has 0 saturated carbocycles. The number of methoxy groups -OCH3 is 1. The van der Waals surface area contributed by atoms with Gasteiger partial charge in [0, 0.05) is 12.2 Å². The number of benzene rings is 2. The lowest BCUT2D eigenvalue weighted by molar-refractivity contribution is -0.138. The third-order valence-corrected chi connectivity index (χ3v) is 5.96. The number of hydrogen-bond donors (Lipinski definition) is 3. The third kappa shape index (κ3) is 11.3. The van der Waals surface area contributed by atoms with Gasteiger partial charge in [-0.25, -0.2) is 4.79 Å². The van der Waals surface area contributed by atoms with E-state index >= 15 is 0 Å². The molecule has 2 rings (SSSR count). The number of carbonyl (C=O) groups excluding carboxylic acids is 3. The maximum atomic E-state index is 13.7. The number of nitrogens with zero attached hydrogens (tertiary/aromatic N) is 1. The highest BCUT2D eigenvalue weighted by Crippen LogP contribution is 2.27. The number of phenols is 1. The molecule has 0 bridgehead atoms. The zero-order chi connectivity index (χ0) is 28.8. The summed E-state index contributed by atoms with van der Waals surface area (Å²) in [6, 6.07) is 12.1. The summed E-state index contributed by atoms with van der Waals surface area (Å²) >= 11 is 0. The van der Waals surface area contributed by atoms with Gasteiger partial charge in [0.2, 0.25) is 5.91 Å². The second kappa shape index (κ2) is 15.6. The molecule has 1 unspecified atom stereocenters. The summed E-state index contributed by atoms with van der Waals surface area (Å²) in [6.45, 7) is 7.33.